The van der Waals surface area contributed by atoms with E-state index in [1.807, 2.05) is 62.1 Å². The predicted octanol–water partition coefficient (Wildman–Crippen LogP) is 3.41. The summed E-state index contributed by atoms with van der Waals surface area (Å²) in [6, 6.07) is 10.1. The van der Waals surface area contributed by atoms with E-state index in [2.05, 4.69) is 20.5 Å². The van der Waals surface area contributed by atoms with E-state index in [4.69, 9.17) is 4.74 Å². The quantitative estimate of drug-likeness (QED) is 0.497. The van der Waals surface area contributed by atoms with Crippen LogP contribution in [0.2, 0.25) is 0 Å². The van der Waals surface area contributed by atoms with Gasteiger partial charge in [-0.15, -0.1) is 5.10 Å². The molecule has 0 bridgehead atoms. The molecule has 0 atom stereocenters. The monoisotopic (exact) mass is 418 g/mol. The van der Waals surface area contributed by atoms with Crippen molar-refractivity contribution in [2.45, 2.75) is 33.2 Å². The van der Waals surface area contributed by atoms with Crippen LogP contribution in [0.5, 0.6) is 5.88 Å². The molecule has 0 spiro atoms. The van der Waals surface area contributed by atoms with E-state index < -0.39 is 0 Å². The fourth-order valence-electron chi connectivity index (χ4n) is 3.85. The highest BCUT2D eigenvalue weighted by molar-refractivity contribution is 5.91. The molecule has 31 heavy (non-hydrogen) atoms. The number of rotatable bonds is 7. The lowest BCUT2D eigenvalue weighted by molar-refractivity contribution is -0.116. The maximum absolute atomic E-state index is 12.6. The number of nitrogens with zero attached hydrogens (tertiary/aromatic N) is 5. The summed E-state index contributed by atoms with van der Waals surface area (Å²) < 4.78 is 8.94. The highest BCUT2D eigenvalue weighted by Crippen LogP contribution is 2.30. The van der Waals surface area contributed by atoms with Crippen LogP contribution in [0.1, 0.15) is 28.8 Å². The fourth-order valence-corrected chi connectivity index (χ4v) is 3.85. The average molecular weight is 419 g/mol. The van der Waals surface area contributed by atoms with Gasteiger partial charge in [-0.2, -0.15) is 5.10 Å². The minimum atomic E-state index is -0.0590. The molecule has 160 valence electrons. The number of pyridine rings is 1. The van der Waals surface area contributed by atoms with Gasteiger partial charge in [0.25, 0.3) is 0 Å². The van der Waals surface area contributed by atoms with Gasteiger partial charge in [0.15, 0.2) is 5.65 Å². The first-order chi connectivity index (χ1) is 15.0. The number of anilines is 1. The van der Waals surface area contributed by atoms with Crippen molar-refractivity contribution in [2.24, 2.45) is 7.05 Å². The Kier molecular flexibility index (Phi) is 5.70. The molecule has 0 saturated carbocycles. The molecule has 8 heteroatoms. The minimum absolute atomic E-state index is 0.0590. The van der Waals surface area contributed by atoms with Crippen LogP contribution in [0.3, 0.4) is 0 Å². The van der Waals surface area contributed by atoms with Crippen LogP contribution < -0.4 is 10.1 Å². The van der Waals surface area contributed by atoms with E-state index in [0.717, 1.165) is 33.4 Å². The minimum Gasteiger partial charge on any atom is -0.479 e. The van der Waals surface area contributed by atoms with Crippen LogP contribution in [-0.2, 0) is 24.8 Å². The number of benzene rings is 1. The van der Waals surface area contributed by atoms with Crippen LogP contribution in [0.25, 0.3) is 11.0 Å². The molecule has 3 aromatic heterocycles. The molecule has 0 unspecified atom stereocenters. The molecule has 0 aliphatic heterocycles. The number of ether oxygens (including phenoxy) is 1. The van der Waals surface area contributed by atoms with Crippen molar-refractivity contribution >= 4 is 22.6 Å². The van der Waals surface area contributed by atoms with Crippen molar-refractivity contribution in [1.29, 1.82) is 0 Å². The Balaban J connectivity index is 1.43. The number of aryl methyl sites for hydroxylation is 3. The number of aromatic nitrogens is 5. The summed E-state index contributed by atoms with van der Waals surface area (Å²) in [6.45, 7) is 4.66. The largest absolute Gasteiger partial charge is 0.479 e. The maximum Gasteiger partial charge on any atom is 0.242 e. The zero-order valence-electron chi connectivity index (χ0n) is 18.2. The van der Waals surface area contributed by atoms with Crippen LogP contribution in [0.4, 0.5) is 5.69 Å². The van der Waals surface area contributed by atoms with Crippen LogP contribution >= 0.6 is 0 Å². The van der Waals surface area contributed by atoms with Crippen LogP contribution in [0.15, 0.2) is 42.7 Å². The van der Waals surface area contributed by atoms with E-state index >= 15 is 0 Å². The Hall–Kier alpha value is -3.68. The predicted molar refractivity (Wildman–Crippen MR) is 119 cm³/mol. The molecular weight excluding hydrogens is 392 g/mol. The van der Waals surface area contributed by atoms with Gasteiger partial charge in [-0.3, -0.25) is 9.48 Å². The number of methoxy groups -OCH3 is 1. The second-order valence-electron chi connectivity index (χ2n) is 7.59. The molecule has 1 amide bonds. The van der Waals surface area contributed by atoms with Gasteiger partial charge < -0.3 is 10.1 Å². The van der Waals surface area contributed by atoms with Gasteiger partial charge in [-0.25, -0.2) is 9.67 Å². The lowest BCUT2D eigenvalue weighted by Gasteiger charge is -2.11. The molecule has 0 aliphatic carbocycles. The zero-order chi connectivity index (χ0) is 22.0. The Labute approximate surface area is 180 Å². The average Bonchev–Trinajstić information content (AvgIpc) is 3.32. The van der Waals surface area contributed by atoms with Crippen LogP contribution in [0, 0.1) is 13.8 Å². The molecule has 1 N–H and O–H groups in total. The molecule has 0 fully saturated rings. The van der Waals surface area contributed by atoms with Crippen LogP contribution in [-0.4, -0.2) is 37.6 Å². The summed E-state index contributed by atoms with van der Waals surface area (Å²) >= 11 is 0. The number of carbonyl (C=O) groups is 1. The number of nitrogens with one attached hydrogen (secondary N) is 1. The van der Waals surface area contributed by atoms with E-state index in [1.165, 1.54) is 0 Å². The van der Waals surface area contributed by atoms with Gasteiger partial charge in [0, 0.05) is 25.4 Å². The van der Waals surface area contributed by atoms with Gasteiger partial charge in [0.05, 0.1) is 30.9 Å². The van der Waals surface area contributed by atoms with E-state index in [9.17, 15) is 4.79 Å². The van der Waals surface area contributed by atoms with Gasteiger partial charge >= 0.3 is 0 Å². The molecular formula is C23H26N6O2. The van der Waals surface area contributed by atoms with Crippen molar-refractivity contribution in [3.05, 3.63) is 65.1 Å². The maximum atomic E-state index is 12.6. The first-order valence-corrected chi connectivity index (χ1v) is 10.2. The van der Waals surface area contributed by atoms with Gasteiger partial charge in [0.2, 0.25) is 11.8 Å². The molecule has 0 aliphatic rings. The summed E-state index contributed by atoms with van der Waals surface area (Å²) in [7, 11) is 3.45. The number of hydrogen-bond donors (Lipinski definition) is 1. The molecule has 8 nitrogen and oxygen atoms in total. The summed E-state index contributed by atoms with van der Waals surface area (Å²) in [5.41, 5.74) is 5.63. The molecule has 1 aromatic carbocycles. The van der Waals surface area contributed by atoms with Gasteiger partial charge in [-0.05, 0) is 37.0 Å². The first-order valence-electron chi connectivity index (χ1n) is 10.2. The number of carbonyl (C=O) groups excluding carboxylic acids is 1. The standard InChI is InChI=1S/C23H26N6O2/c1-15-19(16(2)25-22-21(15)23(31-4)27-28(22)3)10-11-20(30)26-18-12-24-29(14-18)13-17-8-6-5-7-9-17/h5-9,12,14H,10-11,13H2,1-4H3,(H,26,30). The lowest BCUT2D eigenvalue weighted by atomic mass is 10.00. The summed E-state index contributed by atoms with van der Waals surface area (Å²) in [5.74, 6) is 0.496. The molecule has 4 rings (SSSR count). The molecule has 3 heterocycles. The smallest absolute Gasteiger partial charge is 0.242 e. The highest BCUT2D eigenvalue weighted by Gasteiger charge is 2.18. The Bertz CT molecular complexity index is 1230. The second kappa shape index (κ2) is 8.59. The van der Waals surface area contributed by atoms with Gasteiger partial charge in [0.1, 0.15) is 0 Å². The van der Waals surface area contributed by atoms with E-state index in [0.29, 0.717) is 31.0 Å². The summed E-state index contributed by atoms with van der Waals surface area (Å²) in [6.07, 6.45) is 4.45. The highest BCUT2D eigenvalue weighted by atomic mass is 16.5. The summed E-state index contributed by atoms with van der Waals surface area (Å²) in [5, 5.41) is 12.5. The Morgan fingerprint density at radius 2 is 1.97 bits per heavy atom. The Morgan fingerprint density at radius 3 is 2.71 bits per heavy atom. The first kappa shape index (κ1) is 20.6. The summed E-state index contributed by atoms with van der Waals surface area (Å²) in [4.78, 5) is 17.2. The molecule has 0 radical (unpaired) electrons. The van der Waals surface area contributed by atoms with E-state index in [1.54, 1.807) is 18.0 Å². The lowest BCUT2D eigenvalue weighted by Crippen LogP contribution is -2.13. The zero-order valence-corrected chi connectivity index (χ0v) is 18.2. The molecule has 4 aromatic rings. The van der Waals surface area contributed by atoms with Crippen molar-refractivity contribution in [1.82, 2.24) is 24.5 Å². The van der Waals surface area contributed by atoms with Crippen molar-refractivity contribution in [2.75, 3.05) is 12.4 Å². The fraction of sp³-hybridized carbons (Fsp3) is 0.304. The number of amides is 1. The van der Waals surface area contributed by atoms with Crippen molar-refractivity contribution in [3.8, 4) is 5.88 Å². The third-order valence-electron chi connectivity index (χ3n) is 5.42. The topological polar surface area (TPSA) is 86.9 Å². The van der Waals surface area contributed by atoms with Crippen molar-refractivity contribution in [3.63, 3.8) is 0 Å². The normalized spacial score (nSPS) is 11.1. The Morgan fingerprint density at radius 1 is 1.19 bits per heavy atom. The third-order valence-corrected chi connectivity index (χ3v) is 5.42. The number of hydrogen-bond acceptors (Lipinski definition) is 5. The van der Waals surface area contributed by atoms with Gasteiger partial charge in [-0.1, -0.05) is 30.3 Å². The SMILES string of the molecule is COc1nn(C)c2nc(C)c(CCC(=O)Nc3cnn(Cc4ccccc4)c3)c(C)c12. The third kappa shape index (κ3) is 4.28. The van der Waals surface area contributed by atoms with Crippen molar-refractivity contribution < 1.29 is 9.53 Å². The number of fused-ring (bicyclic) bond motifs is 1. The van der Waals surface area contributed by atoms with E-state index in [-0.39, 0.29) is 5.91 Å². The molecule has 0 saturated heterocycles. The second-order valence-corrected chi connectivity index (χ2v) is 7.59.